The molecule has 0 radical (unpaired) electrons. The molecule has 1 aromatic heterocycles. The molecule has 0 bridgehead atoms. The van der Waals surface area contributed by atoms with E-state index in [0.717, 1.165) is 10.9 Å². The van der Waals surface area contributed by atoms with Crippen LogP contribution in [-0.2, 0) is 14.3 Å². The Morgan fingerprint density at radius 2 is 2.20 bits per heavy atom. The van der Waals surface area contributed by atoms with E-state index in [1.165, 1.54) is 0 Å². The lowest BCUT2D eigenvalue weighted by molar-refractivity contribution is -0.136. The van der Waals surface area contributed by atoms with Crippen molar-refractivity contribution in [1.29, 1.82) is 0 Å². The number of fused-ring (bicyclic) bond motifs is 1. The number of nitrogens with one attached hydrogen (secondary N) is 3. The van der Waals surface area contributed by atoms with Gasteiger partial charge < -0.3 is 15.4 Å². The number of carbonyl (C=O) groups is 2. The Balaban J connectivity index is 1.88. The Bertz CT molecular complexity index is 608. The second-order valence-electron chi connectivity index (χ2n) is 4.23. The normalized spacial score (nSPS) is 10.4. The molecule has 7 nitrogen and oxygen atoms in total. The van der Waals surface area contributed by atoms with Crippen molar-refractivity contribution < 1.29 is 14.3 Å². The molecule has 7 heteroatoms. The first-order chi connectivity index (χ1) is 9.70. The third-order valence-corrected chi connectivity index (χ3v) is 2.72. The lowest BCUT2D eigenvalue weighted by Gasteiger charge is -2.06. The predicted molar refractivity (Wildman–Crippen MR) is 74.2 cm³/mol. The topological polar surface area (TPSA) is 96.1 Å². The average Bonchev–Trinajstić information content (AvgIpc) is 2.90. The highest BCUT2D eigenvalue weighted by Gasteiger charge is 2.13. The SMILES string of the molecule is COCCCNC(=O)C(=O)Nc1ccc2cn[nH]c2c1. The number of rotatable bonds is 5. The van der Waals surface area contributed by atoms with Gasteiger partial charge in [-0.1, -0.05) is 0 Å². The molecule has 1 aromatic carbocycles. The maximum absolute atomic E-state index is 11.7. The summed E-state index contributed by atoms with van der Waals surface area (Å²) in [6, 6.07) is 5.25. The van der Waals surface area contributed by atoms with E-state index in [9.17, 15) is 9.59 Å². The van der Waals surface area contributed by atoms with Crippen LogP contribution in [0.3, 0.4) is 0 Å². The molecule has 2 amide bonds. The summed E-state index contributed by atoms with van der Waals surface area (Å²) < 4.78 is 4.85. The van der Waals surface area contributed by atoms with E-state index in [-0.39, 0.29) is 0 Å². The molecule has 2 aromatic rings. The minimum atomic E-state index is -0.693. The number of anilines is 1. The monoisotopic (exact) mass is 276 g/mol. The Hall–Kier alpha value is -2.41. The third-order valence-electron chi connectivity index (χ3n) is 2.72. The molecule has 0 saturated heterocycles. The lowest BCUT2D eigenvalue weighted by atomic mass is 10.2. The number of methoxy groups -OCH3 is 1. The molecule has 0 aliphatic rings. The van der Waals surface area contributed by atoms with Crippen LogP contribution < -0.4 is 10.6 Å². The third kappa shape index (κ3) is 3.55. The number of amides is 2. The van der Waals surface area contributed by atoms with Crippen molar-refractivity contribution >= 4 is 28.4 Å². The van der Waals surface area contributed by atoms with Crippen LogP contribution in [0.2, 0.25) is 0 Å². The molecule has 20 heavy (non-hydrogen) atoms. The number of benzene rings is 1. The summed E-state index contributed by atoms with van der Waals surface area (Å²) in [5.74, 6) is -1.35. The van der Waals surface area contributed by atoms with Crippen LogP contribution in [0.15, 0.2) is 24.4 Å². The fraction of sp³-hybridized carbons (Fsp3) is 0.308. The van der Waals surface area contributed by atoms with Gasteiger partial charge in [-0.15, -0.1) is 0 Å². The summed E-state index contributed by atoms with van der Waals surface area (Å²) in [4.78, 5) is 23.2. The number of aromatic amines is 1. The first-order valence-corrected chi connectivity index (χ1v) is 6.22. The van der Waals surface area contributed by atoms with Gasteiger partial charge in [0.15, 0.2) is 0 Å². The highest BCUT2D eigenvalue weighted by atomic mass is 16.5. The lowest BCUT2D eigenvalue weighted by Crippen LogP contribution is -2.36. The number of hydrogen-bond acceptors (Lipinski definition) is 4. The van der Waals surface area contributed by atoms with E-state index in [1.807, 2.05) is 6.07 Å². The van der Waals surface area contributed by atoms with Crippen molar-refractivity contribution in [2.75, 3.05) is 25.6 Å². The van der Waals surface area contributed by atoms with E-state index in [0.29, 0.717) is 25.3 Å². The molecular weight excluding hydrogens is 260 g/mol. The van der Waals surface area contributed by atoms with Gasteiger partial charge in [-0.05, 0) is 24.6 Å². The van der Waals surface area contributed by atoms with Crippen molar-refractivity contribution in [1.82, 2.24) is 15.5 Å². The Morgan fingerprint density at radius 3 is 3.00 bits per heavy atom. The minimum Gasteiger partial charge on any atom is -0.385 e. The predicted octanol–water partition coefficient (Wildman–Crippen LogP) is 0.654. The zero-order chi connectivity index (χ0) is 14.4. The van der Waals surface area contributed by atoms with Gasteiger partial charge in [-0.3, -0.25) is 14.7 Å². The van der Waals surface area contributed by atoms with Crippen molar-refractivity contribution in [3.05, 3.63) is 24.4 Å². The molecule has 0 saturated carbocycles. The van der Waals surface area contributed by atoms with Gasteiger partial charge >= 0.3 is 11.8 Å². The number of aromatic nitrogens is 2. The van der Waals surface area contributed by atoms with Gasteiger partial charge in [0.1, 0.15) is 0 Å². The van der Waals surface area contributed by atoms with Gasteiger partial charge in [-0.2, -0.15) is 5.10 Å². The van der Waals surface area contributed by atoms with E-state index < -0.39 is 11.8 Å². The van der Waals surface area contributed by atoms with Gasteiger partial charge in [0.05, 0.1) is 11.7 Å². The van der Waals surface area contributed by atoms with Crippen LogP contribution in [0.4, 0.5) is 5.69 Å². The zero-order valence-electron chi connectivity index (χ0n) is 11.1. The molecule has 0 fully saturated rings. The molecule has 106 valence electrons. The van der Waals surface area contributed by atoms with Crippen LogP contribution >= 0.6 is 0 Å². The second-order valence-corrected chi connectivity index (χ2v) is 4.23. The van der Waals surface area contributed by atoms with Gasteiger partial charge in [-0.25, -0.2) is 0 Å². The number of ether oxygens (including phenoxy) is 1. The van der Waals surface area contributed by atoms with Crippen LogP contribution in [0, 0.1) is 0 Å². The quantitative estimate of drug-likeness (QED) is 0.552. The summed E-state index contributed by atoms with van der Waals surface area (Å²) in [6.45, 7) is 0.943. The molecule has 0 spiro atoms. The van der Waals surface area contributed by atoms with Crippen molar-refractivity contribution in [2.24, 2.45) is 0 Å². The fourth-order valence-corrected chi connectivity index (χ4v) is 1.70. The molecular formula is C13H16N4O3. The molecule has 2 rings (SSSR count). The Morgan fingerprint density at radius 1 is 1.35 bits per heavy atom. The van der Waals surface area contributed by atoms with Gasteiger partial charge in [0.2, 0.25) is 0 Å². The fourth-order valence-electron chi connectivity index (χ4n) is 1.70. The van der Waals surface area contributed by atoms with Gasteiger partial charge in [0, 0.05) is 31.3 Å². The van der Waals surface area contributed by atoms with Crippen molar-refractivity contribution in [3.8, 4) is 0 Å². The Kier molecular flexibility index (Phi) is 4.67. The van der Waals surface area contributed by atoms with Crippen LogP contribution in [0.5, 0.6) is 0 Å². The van der Waals surface area contributed by atoms with Crippen LogP contribution in [-0.4, -0.2) is 42.3 Å². The van der Waals surface area contributed by atoms with Crippen molar-refractivity contribution in [2.45, 2.75) is 6.42 Å². The largest absolute Gasteiger partial charge is 0.385 e. The number of carbonyl (C=O) groups excluding carboxylic acids is 2. The summed E-state index contributed by atoms with van der Waals surface area (Å²) in [6.07, 6.45) is 2.35. The van der Waals surface area contributed by atoms with Crippen LogP contribution in [0.1, 0.15) is 6.42 Å². The smallest absolute Gasteiger partial charge is 0.313 e. The minimum absolute atomic E-state index is 0.402. The molecule has 0 unspecified atom stereocenters. The molecule has 1 heterocycles. The summed E-state index contributed by atoms with van der Waals surface area (Å²) >= 11 is 0. The maximum Gasteiger partial charge on any atom is 0.313 e. The number of nitrogens with zero attached hydrogens (tertiary/aromatic N) is 1. The second kappa shape index (κ2) is 6.67. The molecule has 0 aliphatic heterocycles. The molecule has 0 aliphatic carbocycles. The number of H-pyrrole nitrogens is 1. The highest BCUT2D eigenvalue weighted by Crippen LogP contribution is 2.16. The van der Waals surface area contributed by atoms with E-state index in [1.54, 1.807) is 25.4 Å². The van der Waals surface area contributed by atoms with E-state index in [2.05, 4.69) is 20.8 Å². The van der Waals surface area contributed by atoms with E-state index >= 15 is 0 Å². The molecule has 3 N–H and O–H groups in total. The summed E-state index contributed by atoms with van der Waals surface area (Å²) in [5.41, 5.74) is 1.34. The first kappa shape index (κ1) is 14.0. The standard InChI is InChI=1S/C13H16N4O3/c1-20-6-2-5-14-12(18)13(19)16-10-4-3-9-8-15-17-11(9)7-10/h3-4,7-8H,2,5-6H2,1H3,(H,14,18)(H,15,17)(H,16,19). The van der Waals surface area contributed by atoms with E-state index in [4.69, 9.17) is 4.74 Å². The number of hydrogen-bond donors (Lipinski definition) is 3. The van der Waals surface area contributed by atoms with Crippen LogP contribution in [0.25, 0.3) is 10.9 Å². The summed E-state index contributed by atoms with van der Waals surface area (Å²) in [5, 5.41) is 12.7. The van der Waals surface area contributed by atoms with Crippen molar-refractivity contribution in [3.63, 3.8) is 0 Å². The Labute approximate surface area is 115 Å². The zero-order valence-corrected chi connectivity index (χ0v) is 11.1. The van der Waals surface area contributed by atoms with Gasteiger partial charge in [0.25, 0.3) is 0 Å². The molecule has 0 atom stereocenters. The first-order valence-electron chi connectivity index (χ1n) is 6.22. The highest BCUT2D eigenvalue weighted by molar-refractivity contribution is 6.39. The average molecular weight is 276 g/mol. The maximum atomic E-state index is 11.7. The summed E-state index contributed by atoms with van der Waals surface area (Å²) in [7, 11) is 1.58.